The van der Waals surface area contributed by atoms with E-state index < -0.39 is 17.4 Å². The van der Waals surface area contributed by atoms with E-state index >= 15 is 0 Å². The van der Waals surface area contributed by atoms with Gasteiger partial charge in [-0.2, -0.15) is 0 Å². The summed E-state index contributed by atoms with van der Waals surface area (Å²) in [7, 11) is 0. The molecular weight excluding hydrogens is 592 g/mol. The van der Waals surface area contributed by atoms with Crippen LogP contribution in [-0.4, -0.2) is 45.0 Å². The van der Waals surface area contributed by atoms with E-state index in [1.165, 1.54) is 28.4 Å². The topological polar surface area (TPSA) is 86.7 Å². The van der Waals surface area contributed by atoms with Gasteiger partial charge in [-0.1, -0.05) is 86.1 Å². The number of amides is 2. The Bertz CT molecular complexity index is 1120. The second kappa shape index (κ2) is 10.7. The molecule has 0 saturated carbocycles. The molecule has 2 atom stereocenters. The molecule has 0 radical (unpaired) electrons. The van der Waals surface area contributed by atoms with Crippen LogP contribution in [0.3, 0.4) is 0 Å². The number of carboxylic acids is 1. The van der Waals surface area contributed by atoms with Crippen LogP contribution >= 0.6 is 55.4 Å². The van der Waals surface area contributed by atoms with Crippen LogP contribution in [0.5, 0.6) is 0 Å². The summed E-state index contributed by atoms with van der Waals surface area (Å²) in [5.41, 5.74) is 3.03. The summed E-state index contributed by atoms with van der Waals surface area (Å²) in [5, 5.41) is 13.7. The van der Waals surface area contributed by atoms with Crippen molar-refractivity contribution in [2.24, 2.45) is 0 Å². The number of nitrogens with one attached hydrogen (secondary N) is 1. The minimum absolute atomic E-state index is 0.00832. The molecule has 0 unspecified atom stereocenters. The number of alkyl halides is 2. The molecule has 0 bridgehead atoms. The second-order valence-corrected chi connectivity index (χ2v) is 10.9. The van der Waals surface area contributed by atoms with Crippen molar-refractivity contribution in [1.29, 1.82) is 0 Å². The van der Waals surface area contributed by atoms with Gasteiger partial charge < -0.3 is 10.4 Å². The number of carboxylic acid groups (broad SMARTS) is 1. The smallest absolute Gasteiger partial charge is 0.353 e. The van der Waals surface area contributed by atoms with Gasteiger partial charge in [0.1, 0.15) is 17.1 Å². The van der Waals surface area contributed by atoms with E-state index in [9.17, 15) is 19.5 Å². The second-order valence-electron chi connectivity index (χ2n) is 7.50. The third-order valence-corrected chi connectivity index (χ3v) is 9.26. The van der Waals surface area contributed by atoms with Crippen LogP contribution in [0.1, 0.15) is 16.7 Å². The van der Waals surface area contributed by atoms with Crippen LogP contribution in [0.15, 0.2) is 64.0 Å². The van der Waals surface area contributed by atoms with Crippen molar-refractivity contribution in [3.05, 3.63) is 75.8 Å². The zero-order valence-corrected chi connectivity index (χ0v) is 22.1. The molecule has 2 aromatic rings. The molecular formula is C23H20Br2N2O4S2. The van der Waals surface area contributed by atoms with Gasteiger partial charge in [0.2, 0.25) is 5.91 Å². The van der Waals surface area contributed by atoms with Gasteiger partial charge in [-0.15, -0.1) is 11.8 Å². The summed E-state index contributed by atoms with van der Waals surface area (Å²) < 4.78 is 0. The van der Waals surface area contributed by atoms with Gasteiger partial charge in [0.05, 0.1) is 6.42 Å². The molecule has 6 nitrogen and oxygen atoms in total. The van der Waals surface area contributed by atoms with Crippen molar-refractivity contribution in [2.75, 3.05) is 5.75 Å². The van der Waals surface area contributed by atoms with Gasteiger partial charge >= 0.3 is 5.97 Å². The van der Waals surface area contributed by atoms with E-state index in [1.807, 2.05) is 48.5 Å². The standard InChI is InChI=1S/C23H20Br2N2O4S2/c24-10-14-7-5-13(6-8-14)9-18(28)26-19-21(29)27-20(23(30)31)17(12-32-22(19)27)33-16-4-2-1-3-15(16)11-25/h1-8,19,22H,9-12H2,(H,26,28)(H,30,31)/t19-,22+/m1/s1. The number of hydrogen-bond acceptors (Lipinski definition) is 5. The molecule has 2 N–H and O–H groups in total. The number of halogens is 2. The number of rotatable bonds is 8. The summed E-state index contributed by atoms with van der Waals surface area (Å²) >= 11 is 9.71. The number of nitrogens with zero attached hydrogens (tertiary/aromatic N) is 1. The number of thioether (sulfide) groups is 2. The first-order chi connectivity index (χ1) is 15.9. The number of aliphatic carboxylic acids is 1. The summed E-state index contributed by atoms with van der Waals surface area (Å²) in [6, 6.07) is 14.7. The van der Waals surface area contributed by atoms with Gasteiger partial charge in [0.15, 0.2) is 0 Å². The van der Waals surface area contributed by atoms with E-state index in [4.69, 9.17) is 0 Å². The summed E-state index contributed by atoms with van der Waals surface area (Å²) in [4.78, 5) is 40.4. The fourth-order valence-corrected chi connectivity index (χ4v) is 7.32. The number of β-lactam (4-membered cyclic amide) rings is 1. The molecule has 1 fully saturated rings. The highest BCUT2D eigenvalue weighted by Gasteiger charge is 2.54. The zero-order chi connectivity index (χ0) is 23.5. The SMILES string of the molecule is O=C(Cc1ccc(CBr)cc1)N[C@@H]1C(=O)N2C(C(=O)O)=C(Sc3ccccc3CBr)CS[C@@H]12. The van der Waals surface area contributed by atoms with Crippen molar-refractivity contribution in [3.63, 3.8) is 0 Å². The van der Waals surface area contributed by atoms with Crippen LogP contribution in [-0.2, 0) is 31.5 Å². The van der Waals surface area contributed by atoms with E-state index in [2.05, 4.69) is 37.2 Å². The molecule has 0 aliphatic carbocycles. The Morgan fingerprint density at radius 3 is 2.45 bits per heavy atom. The minimum atomic E-state index is -1.14. The lowest BCUT2D eigenvalue weighted by atomic mass is 10.0. The monoisotopic (exact) mass is 610 g/mol. The highest BCUT2D eigenvalue weighted by atomic mass is 79.9. The van der Waals surface area contributed by atoms with E-state index in [0.29, 0.717) is 16.0 Å². The fourth-order valence-electron chi connectivity index (χ4n) is 3.67. The van der Waals surface area contributed by atoms with Crippen LogP contribution in [0.25, 0.3) is 0 Å². The van der Waals surface area contributed by atoms with E-state index in [1.54, 1.807) is 0 Å². The molecule has 2 amide bonds. The average molecular weight is 612 g/mol. The maximum Gasteiger partial charge on any atom is 0.353 e. The number of carbonyl (C=O) groups is 3. The molecule has 1 saturated heterocycles. The fraction of sp³-hybridized carbons (Fsp3) is 0.261. The van der Waals surface area contributed by atoms with Crippen molar-refractivity contribution in [3.8, 4) is 0 Å². The van der Waals surface area contributed by atoms with Crippen molar-refractivity contribution < 1.29 is 19.5 Å². The predicted molar refractivity (Wildman–Crippen MR) is 137 cm³/mol. The average Bonchev–Trinajstić information content (AvgIpc) is 2.82. The van der Waals surface area contributed by atoms with Crippen LogP contribution in [0.4, 0.5) is 0 Å². The van der Waals surface area contributed by atoms with E-state index in [0.717, 1.165) is 26.9 Å². The largest absolute Gasteiger partial charge is 0.477 e. The number of benzene rings is 2. The molecule has 4 rings (SSSR count). The van der Waals surface area contributed by atoms with Gasteiger partial charge in [-0.05, 0) is 22.8 Å². The maximum absolute atomic E-state index is 12.9. The minimum Gasteiger partial charge on any atom is -0.477 e. The third-order valence-electron chi connectivity index (χ3n) is 5.34. The third kappa shape index (κ3) is 5.18. The highest BCUT2D eigenvalue weighted by Crippen LogP contribution is 2.45. The normalized spacial score (nSPS) is 19.7. The Balaban J connectivity index is 1.47. The van der Waals surface area contributed by atoms with Gasteiger partial charge in [0.25, 0.3) is 5.91 Å². The Labute approximate surface area is 216 Å². The maximum atomic E-state index is 12.9. The van der Waals surface area contributed by atoms with Gasteiger partial charge in [0, 0.05) is 26.2 Å². The lowest BCUT2D eigenvalue weighted by molar-refractivity contribution is -0.150. The van der Waals surface area contributed by atoms with Gasteiger partial charge in [-0.3, -0.25) is 14.5 Å². The number of fused-ring (bicyclic) bond motifs is 1. The first kappa shape index (κ1) is 24.4. The first-order valence-corrected chi connectivity index (χ1v) is 14.2. The first-order valence-electron chi connectivity index (χ1n) is 10.1. The number of carbonyl (C=O) groups excluding carboxylic acids is 2. The Kier molecular flexibility index (Phi) is 7.88. The van der Waals surface area contributed by atoms with Crippen molar-refractivity contribution in [1.82, 2.24) is 10.2 Å². The highest BCUT2D eigenvalue weighted by molar-refractivity contribution is 9.08. The molecule has 10 heteroatoms. The summed E-state index contributed by atoms with van der Waals surface area (Å²) in [5.74, 6) is -1.33. The molecule has 0 aromatic heterocycles. The van der Waals surface area contributed by atoms with Gasteiger partial charge in [-0.25, -0.2) is 4.79 Å². The summed E-state index contributed by atoms with van der Waals surface area (Å²) in [6.45, 7) is 0. The zero-order valence-electron chi connectivity index (χ0n) is 17.3. The lowest BCUT2D eigenvalue weighted by Gasteiger charge is -2.49. The Morgan fingerprint density at radius 2 is 1.79 bits per heavy atom. The predicted octanol–water partition coefficient (Wildman–Crippen LogP) is 4.51. The van der Waals surface area contributed by atoms with Crippen LogP contribution in [0.2, 0.25) is 0 Å². The van der Waals surface area contributed by atoms with Crippen LogP contribution in [0, 0.1) is 0 Å². The molecule has 2 heterocycles. The molecule has 2 aliphatic heterocycles. The Morgan fingerprint density at radius 1 is 1.09 bits per heavy atom. The Hall–Kier alpha value is -1.75. The molecule has 172 valence electrons. The number of hydrogen-bond donors (Lipinski definition) is 2. The molecule has 0 spiro atoms. The molecule has 2 aromatic carbocycles. The van der Waals surface area contributed by atoms with Crippen molar-refractivity contribution in [2.45, 2.75) is 33.4 Å². The van der Waals surface area contributed by atoms with Crippen LogP contribution < -0.4 is 5.32 Å². The van der Waals surface area contributed by atoms with Crippen molar-refractivity contribution >= 4 is 73.2 Å². The molecule has 2 aliphatic rings. The summed E-state index contributed by atoms with van der Waals surface area (Å²) in [6.07, 6.45) is 0.162. The molecule has 33 heavy (non-hydrogen) atoms. The lowest BCUT2D eigenvalue weighted by Crippen LogP contribution is -2.70. The quantitative estimate of drug-likeness (QED) is 0.338. The van der Waals surface area contributed by atoms with E-state index in [-0.39, 0.29) is 23.9 Å².